The van der Waals surface area contributed by atoms with Crippen LogP contribution in [0.1, 0.15) is 66.8 Å². The van der Waals surface area contributed by atoms with Gasteiger partial charge in [-0.2, -0.15) is 10.2 Å². The Hall–Kier alpha value is -1.69. The molecule has 0 amide bonds. The van der Waals surface area contributed by atoms with Gasteiger partial charge in [0.15, 0.2) is 5.82 Å². The SMILES string of the molecule is c1nn2c(c1CN1C[C@H](c3nc(C4CC4)n[nH]3)[C@@H](C3CC3)C1)CCC2. The first-order valence-electron chi connectivity index (χ1n) is 10.0. The Labute approximate surface area is 148 Å². The van der Waals surface area contributed by atoms with E-state index in [1.54, 1.807) is 0 Å². The molecule has 4 heterocycles. The standard InChI is InChI=1S/C19H26N6/c1-2-17-14(8-20-25(17)7-1)9-24-10-15(12-3-4-12)16(11-24)19-21-18(22-23-19)13-5-6-13/h8,12-13,15-16H,1-7,9-11H2,(H,21,22,23)/t15-,16+/m1/s1. The highest BCUT2D eigenvalue weighted by molar-refractivity contribution is 5.21. The predicted octanol–water partition coefficient (Wildman–Crippen LogP) is 2.45. The van der Waals surface area contributed by atoms with Gasteiger partial charge < -0.3 is 0 Å². The van der Waals surface area contributed by atoms with Crippen LogP contribution in [0, 0.1) is 11.8 Å². The van der Waals surface area contributed by atoms with Gasteiger partial charge in [-0.25, -0.2) is 4.98 Å². The summed E-state index contributed by atoms with van der Waals surface area (Å²) in [7, 11) is 0. The van der Waals surface area contributed by atoms with E-state index in [9.17, 15) is 0 Å². The molecule has 0 unspecified atom stereocenters. The minimum absolute atomic E-state index is 0.538. The molecule has 0 radical (unpaired) electrons. The molecule has 0 bridgehead atoms. The van der Waals surface area contributed by atoms with E-state index >= 15 is 0 Å². The monoisotopic (exact) mass is 338 g/mol. The molecular weight excluding hydrogens is 312 g/mol. The third-order valence-corrected chi connectivity index (χ3v) is 6.69. The minimum Gasteiger partial charge on any atom is -0.298 e. The number of nitrogens with zero attached hydrogens (tertiary/aromatic N) is 5. The molecule has 2 aromatic heterocycles. The van der Waals surface area contributed by atoms with Crippen molar-refractivity contribution in [3.8, 4) is 0 Å². The second-order valence-electron chi connectivity index (χ2n) is 8.60. The number of aromatic nitrogens is 5. The second-order valence-corrected chi connectivity index (χ2v) is 8.60. The molecule has 6 heteroatoms. The molecule has 2 atom stereocenters. The van der Waals surface area contributed by atoms with Gasteiger partial charge in [-0.15, -0.1) is 0 Å². The van der Waals surface area contributed by atoms with Crippen molar-refractivity contribution in [3.05, 3.63) is 29.1 Å². The number of nitrogens with one attached hydrogen (secondary N) is 1. The summed E-state index contributed by atoms with van der Waals surface area (Å²) in [5, 5.41) is 12.4. The normalized spacial score (nSPS) is 29.4. The number of H-pyrrole nitrogens is 1. The lowest BCUT2D eigenvalue weighted by Gasteiger charge is -2.15. The molecule has 6 nitrogen and oxygen atoms in total. The summed E-state index contributed by atoms with van der Waals surface area (Å²) in [6.45, 7) is 4.48. The molecule has 1 saturated heterocycles. The van der Waals surface area contributed by atoms with Gasteiger partial charge in [0.25, 0.3) is 0 Å². The van der Waals surface area contributed by atoms with Crippen LogP contribution >= 0.6 is 0 Å². The van der Waals surface area contributed by atoms with E-state index in [2.05, 4.69) is 31.1 Å². The molecule has 3 fully saturated rings. The Morgan fingerprint density at radius 3 is 2.92 bits per heavy atom. The fourth-order valence-electron chi connectivity index (χ4n) is 5.01. The van der Waals surface area contributed by atoms with Gasteiger partial charge in [0.2, 0.25) is 0 Å². The van der Waals surface area contributed by atoms with Gasteiger partial charge in [-0.05, 0) is 50.4 Å². The maximum atomic E-state index is 4.89. The van der Waals surface area contributed by atoms with Crippen molar-refractivity contribution in [3.63, 3.8) is 0 Å². The summed E-state index contributed by atoms with van der Waals surface area (Å²) >= 11 is 0. The van der Waals surface area contributed by atoms with Crippen LogP contribution in [0.25, 0.3) is 0 Å². The van der Waals surface area contributed by atoms with E-state index in [-0.39, 0.29) is 0 Å². The Bertz CT molecular complexity index is 784. The highest BCUT2D eigenvalue weighted by Crippen LogP contribution is 2.48. The van der Waals surface area contributed by atoms with Crippen LogP contribution in [0.3, 0.4) is 0 Å². The lowest BCUT2D eigenvalue weighted by atomic mass is 9.91. The average Bonchev–Trinajstić information content (AvgIpc) is 3.44. The summed E-state index contributed by atoms with van der Waals surface area (Å²) < 4.78 is 2.21. The molecule has 2 aromatic rings. The van der Waals surface area contributed by atoms with Crippen LogP contribution in [0.2, 0.25) is 0 Å². The molecule has 0 spiro atoms. The zero-order valence-electron chi connectivity index (χ0n) is 14.7. The summed E-state index contributed by atoms with van der Waals surface area (Å²) in [5.41, 5.74) is 2.92. The van der Waals surface area contributed by atoms with Crippen molar-refractivity contribution in [1.82, 2.24) is 29.9 Å². The Balaban J connectivity index is 1.22. The maximum absolute atomic E-state index is 4.89. The first-order chi connectivity index (χ1) is 12.3. The molecule has 25 heavy (non-hydrogen) atoms. The van der Waals surface area contributed by atoms with Crippen molar-refractivity contribution < 1.29 is 0 Å². The van der Waals surface area contributed by atoms with Gasteiger partial charge in [0.1, 0.15) is 5.82 Å². The number of fused-ring (bicyclic) bond motifs is 1. The summed E-state index contributed by atoms with van der Waals surface area (Å²) in [6.07, 6.45) is 9.91. The molecule has 2 saturated carbocycles. The summed E-state index contributed by atoms with van der Waals surface area (Å²) in [4.78, 5) is 7.54. The summed E-state index contributed by atoms with van der Waals surface area (Å²) in [5.74, 6) is 5.05. The number of rotatable bonds is 5. The number of hydrogen-bond acceptors (Lipinski definition) is 4. The molecule has 0 aromatic carbocycles. The molecule has 2 aliphatic carbocycles. The van der Waals surface area contributed by atoms with Gasteiger partial charge in [0, 0.05) is 49.3 Å². The lowest BCUT2D eigenvalue weighted by molar-refractivity contribution is 0.309. The van der Waals surface area contributed by atoms with Crippen LogP contribution in [0.5, 0.6) is 0 Å². The number of likely N-dealkylation sites (tertiary alicyclic amines) is 1. The molecular formula is C19H26N6. The van der Waals surface area contributed by atoms with Crippen LogP contribution in [-0.2, 0) is 19.5 Å². The van der Waals surface area contributed by atoms with Gasteiger partial charge in [-0.1, -0.05) is 0 Å². The van der Waals surface area contributed by atoms with E-state index in [0.717, 1.165) is 43.1 Å². The predicted molar refractivity (Wildman–Crippen MR) is 93.1 cm³/mol. The lowest BCUT2D eigenvalue weighted by Crippen LogP contribution is -2.21. The second kappa shape index (κ2) is 5.40. The fraction of sp³-hybridized carbons (Fsp3) is 0.737. The van der Waals surface area contributed by atoms with Gasteiger partial charge >= 0.3 is 0 Å². The number of aryl methyl sites for hydroxylation is 1. The van der Waals surface area contributed by atoms with Crippen molar-refractivity contribution in [1.29, 1.82) is 0 Å². The molecule has 1 N–H and O–H groups in total. The zero-order valence-corrected chi connectivity index (χ0v) is 14.7. The first-order valence-corrected chi connectivity index (χ1v) is 10.0. The largest absolute Gasteiger partial charge is 0.298 e. The van der Waals surface area contributed by atoms with Crippen LogP contribution < -0.4 is 0 Å². The van der Waals surface area contributed by atoms with E-state index in [0.29, 0.717) is 11.8 Å². The van der Waals surface area contributed by atoms with E-state index in [1.807, 2.05) is 0 Å². The third kappa shape index (κ3) is 2.53. The van der Waals surface area contributed by atoms with Crippen molar-refractivity contribution in [2.75, 3.05) is 13.1 Å². The smallest absolute Gasteiger partial charge is 0.153 e. The van der Waals surface area contributed by atoms with E-state index < -0.39 is 0 Å². The molecule has 2 aliphatic heterocycles. The number of aromatic amines is 1. The van der Waals surface area contributed by atoms with Crippen LogP contribution in [0.15, 0.2) is 6.20 Å². The van der Waals surface area contributed by atoms with Gasteiger partial charge in [-0.3, -0.25) is 14.7 Å². The summed E-state index contributed by atoms with van der Waals surface area (Å²) in [6, 6.07) is 0. The van der Waals surface area contributed by atoms with E-state index in [4.69, 9.17) is 4.98 Å². The highest BCUT2D eigenvalue weighted by Gasteiger charge is 2.44. The third-order valence-electron chi connectivity index (χ3n) is 6.69. The first kappa shape index (κ1) is 14.5. The van der Waals surface area contributed by atoms with Crippen LogP contribution in [0.4, 0.5) is 0 Å². The van der Waals surface area contributed by atoms with Crippen molar-refractivity contribution in [2.24, 2.45) is 11.8 Å². The van der Waals surface area contributed by atoms with Crippen LogP contribution in [-0.4, -0.2) is 43.0 Å². The average molecular weight is 338 g/mol. The molecule has 4 aliphatic rings. The molecule has 6 rings (SSSR count). The number of hydrogen-bond donors (Lipinski definition) is 1. The zero-order chi connectivity index (χ0) is 16.4. The Kier molecular flexibility index (Phi) is 3.13. The minimum atomic E-state index is 0.538. The van der Waals surface area contributed by atoms with Crippen molar-refractivity contribution >= 4 is 0 Å². The topological polar surface area (TPSA) is 62.6 Å². The highest BCUT2D eigenvalue weighted by atomic mass is 15.3. The fourth-order valence-corrected chi connectivity index (χ4v) is 5.01. The van der Waals surface area contributed by atoms with E-state index in [1.165, 1.54) is 56.3 Å². The van der Waals surface area contributed by atoms with Crippen molar-refractivity contribution in [2.45, 2.75) is 63.5 Å². The van der Waals surface area contributed by atoms with Gasteiger partial charge in [0.05, 0.1) is 6.20 Å². The Morgan fingerprint density at radius 2 is 2.08 bits per heavy atom. The quantitative estimate of drug-likeness (QED) is 0.910. The maximum Gasteiger partial charge on any atom is 0.153 e. The Morgan fingerprint density at radius 1 is 1.16 bits per heavy atom. The molecule has 132 valence electrons.